The molecule has 2 aromatic rings. The first kappa shape index (κ1) is 12.6. The molecule has 0 aromatic carbocycles. The van der Waals surface area contributed by atoms with E-state index in [0.29, 0.717) is 22.6 Å². The van der Waals surface area contributed by atoms with E-state index < -0.39 is 10.0 Å². The van der Waals surface area contributed by atoms with Crippen LogP contribution in [0.25, 0.3) is 0 Å². The minimum Gasteiger partial charge on any atom is -0.337 e. The molecule has 7 nitrogen and oxygen atoms in total. The van der Waals surface area contributed by atoms with E-state index in [0.717, 1.165) is 0 Å². The number of hydrogen-bond acceptors (Lipinski definition) is 5. The van der Waals surface area contributed by atoms with Crippen molar-refractivity contribution in [2.45, 2.75) is 32.6 Å². The molecule has 98 valence electrons. The molecule has 18 heavy (non-hydrogen) atoms. The molecule has 0 aliphatic heterocycles. The third-order valence-electron chi connectivity index (χ3n) is 2.71. The molecular formula is C10H14N4O3S. The minimum atomic E-state index is -3.72. The van der Waals surface area contributed by atoms with Crippen LogP contribution in [0.4, 0.5) is 5.88 Å². The van der Waals surface area contributed by atoms with Crippen LogP contribution >= 0.6 is 0 Å². The molecule has 0 aliphatic rings. The molecule has 0 atom stereocenters. The fraction of sp³-hybridized carbons (Fsp3) is 0.400. The second-order valence-corrected chi connectivity index (χ2v) is 5.71. The van der Waals surface area contributed by atoms with Crippen LogP contribution < -0.4 is 4.72 Å². The van der Waals surface area contributed by atoms with Crippen molar-refractivity contribution in [3.63, 3.8) is 0 Å². The van der Waals surface area contributed by atoms with Crippen LogP contribution in [0.2, 0.25) is 0 Å². The Morgan fingerprint density at radius 2 is 1.83 bits per heavy atom. The summed E-state index contributed by atoms with van der Waals surface area (Å²) in [5.41, 5.74) is 2.20. The molecule has 0 aliphatic carbocycles. The molecule has 2 rings (SSSR count). The molecule has 0 radical (unpaired) electrons. The van der Waals surface area contributed by atoms with E-state index in [4.69, 9.17) is 4.52 Å². The topological polar surface area (TPSA) is 101 Å². The SMILES string of the molecule is Cc1noc(NS(=O)(=O)c2c(C)n[nH]c2C)c1C. The highest BCUT2D eigenvalue weighted by Gasteiger charge is 2.24. The Kier molecular flexibility index (Phi) is 2.89. The lowest BCUT2D eigenvalue weighted by molar-refractivity contribution is 0.430. The zero-order valence-corrected chi connectivity index (χ0v) is 11.3. The molecule has 0 amide bonds. The summed E-state index contributed by atoms with van der Waals surface area (Å²) < 4.78 is 31.7. The number of nitrogens with one attached hydrogen (secondary N) is 2. The Bertz CT molecular complexity index is 665. The highest BCUT2D eigenvalue weighted by molar-refractivity contribution is 7.92. The Labute approximate surface area is 105 Å². The Morgan fingerprint density at radius 1 is 1.17 bits per heavy atom. The molecule has 2 N–H and O–H groups in total. The number of aromatic nitrogens is 3. The van der Waals surface area contributed by atoms with Gasteiger partial charge in [-0.1, -0.05) is 5.16 Å². The van der Waals surface area contributed by atoms with Crippen LogP contribution in [-0.4, -0.2) is 23.8 Å². The predicted molar refractivity (Wildman–Crippen MR) is 64.8 cm³/mol. The zero-order valence-electron chi connectivity index (χ0n) is 10.5. The van der Waals surface area contributed by atoms with E-state index in [1.165, 1.54) is 0 Å². The second-order valence-electron chi connectivity index (χ2n) is 4.09. The zero-order chi connectivity index (χ0) is 13.5. The lowest BCUT2D eigenvalue weighted by atomic mass is 10.3. The second kappa shape index (κ2) is 4.13. The van der Waals surface area contributed by atoms with Crippen LogP contribution in [-0.2, 0) is 10.0 Å². The van der Waals surface area contributed by atoms with E-state index in [1.807, 2.05) is 0 Å². The molecule has 0 unspecified atom stereocenters. The van der Waals surface area contributed by atoms with Crippen LogP contribution in [0.15, 0.2) is 9.42 Å². The number of anilines is 1. The first-order valence-electron chi connectivity index (χ1n) is 5.30. The summed E-state index contributed by atoms with van der Waals surface area (Å²) in [6.07, 6.45) is 0. The minimum absolute atomic E-state index is 0.132. The summed E-state index contributed by atoms with van der Waals surface area (Å²) in [6, 6.07) is 0. The van der Waals surface area contributed by atoms with E-state index in [2.05, 4.69) is 20.1 Å². The molecule has 0 bridgehead atoms. The van der Waals surface area contributed by atoms with Crippen LogP contribution in [0.5, 0.6) is 0 Å². The van der Waals surface area contributed by atoms with Crippen molar-refractivity contribution >= 4 is 15.9 Å². The van der Waals surface area contributed by atoms with Gasteiger partial charge in [-0.25, -0.2) is 13.1 Å². The van der Waals surface area contributed by atoms with Crippen molar-refractivity contribution in [2.75, 3.05) is 4.72 Å². The van der Waals surface area contributed by atoms with Crippen LogP contribution in [0.3, 0.4) is 0 Å². The van der Waals surface area contributed by atoms with Gasteiger partial charge in [0.05, 0.1) is 17.1 Å². The first-order chi connectivity index (χ1) is 8.33. The third-order valence-corrected chi connectivity index (χ3v) is 4.31. The van der Waals surface area contributed by atoms with Gasteiger partial charge in [0.15, 0.2) is 0 Å². The van der Waals surface area contributed by atoms with Crippen LogP contribution in [0.1, 0.15) is 22.6 Å². The summed E-state index contributed by atoms with van der Waals surface area (Å²) in [5, 5.41) is 10.2. The Hall–Kier alpha value is -1.83. The molecule has 2 aromatic heterocycles. The van der Waals surface area contributed by atoms with Crippen molar-refractivity contribution < 1.29 is 12.9 Å². The van der Waals surface area contributed by atoms with Gasteiger partial charge in [0.2, 0.25) is 5.88 Å². The van der Waals surface area contributed by atoms with E-state index >= 15 is 0 Å². The largest absolute Gasteiger partial charge is 0.337 e. The van der Waals surface area contributed by atoms with Gasteiger partial charge in [-0.2, -0.15) is 5.10 Å². The number of nitrogens with zero attached hydrogens (tertiary/aromatic N) is 2. The highest BCUT2D eigenvalue weighted by Crippen LogP contribution is 2.24. The summed E-state index contributed by atoms with van der Waals surface area (Å²) in [6.45, 7) is 6.74. The average Bonchev–Trinajstić information content (AvgIpc) is 2.76. The molecule has 0 saturated heterocycles. The van der Waals surface area contributed by atoms with Gasteiger partial charge in [0.1, 0.15) is 4.90 Å². The fourth-order valence-corrected chi connectivity index (χ4v) is 3.04. The number of H-pyrrole nitrogens is 1. The maximum atomic E-state index is 12.2. The average molecular weight is 270 g/mol. The number of sulfonamides is 1. The fourth-order valence-electron chi connectivity index (χ4n) is 1.62. The third kappa shape index (κ3) is 1.99. The number of hydrogen-bond donors (Lipinski definition) is 2. The Balaban J connectivity index is 2.43. The molecular weight excluding hydrogens is 256 g/mol. The summed E-state index contributed by atoms with van der Waals surface area (Å²) >= 11 is 0. The standard InChI is InChI=1S/C10H14N4O3S/c1-5-6(2)13-17-10(5)14-18(15,16)9-7(3)11-12-8(9)4/h14H,1-4H3,(H,11,12). The lowest BCUT2D eigenvalue weighted by Crippen LogP contribution is -2.14. The molecule has 0 fully saturated rings. The van der Waals surface area contributed by atoms with Gasteiger partial charge in [0, 0.05) is 5.56 Å². The maximum Gasteiger partial charge on any atom is 0.267 e. The van der Waals surface area contributed by atoms with Gasteiger partial charge in [-0.3, -0.25) is 5.10 Å². The molecule has 0 spiro atoms. The van der Waals surface area contributed by atoms with Crippen LogP contribution in [0, 0.1) is 27.7 Å². The Morgan fingerprint density at radius 3 is 2.28 bits per heavy atom. The van der Waals surface area contributed by atoms with Gasteiger partial charge < -0.3 is 4.52 Å². The normalized spacial score (nSPS) is 11.8. The van der Waals surface area contributed by atoms with Crippen molar-refractivity contribution in [3.05, 3.63) is 22.6 Å². The van der Waals surface area contributed by atoms with Gasteiger partial charge >= 0.3 is 0 Å². The van der Waals surface area contributed by atoms with Gasteiger partial charge in [-0.15, -0.1) is 0 Å². The molecule has 2 heterocycles. The summed E-state index contributed by atoms with van der Waals surface area (Å²) in [5.74, 6) is 0.132. The first-order valence-corrected chi connectivity index (χ1v) is 6.78. The summed E-state index contributed by atoms with van der Waals surface area (Å²) in [7, 11) is -3.72. The monoisotopic (exact) mass is 270 g/mol. The lowest BCUT2D eigenvalue weighted by Gasteiger charge is -2.05. The molecule has 8 heteroatoms. The van der Waals surface area contributed by atoms with E-state index in [9.17, 15) is 8.42 Å². The number of aromatic amines is 1. The van der Waals surface area contributed by atoms with Gasteiger partial charge in [0.25, 0.3) is 10.0 Å². The summed E-state index contributed by atoms with van der Waals surface area (Å²) in [4.78, 5) is 0.135. The van der Waals surface area contributed by atoms with Crippen molar-refractivity contribution in [3.8, 4) is 0 Å². The quantitative estimate of drug-likeness (QED) is 0.878. The number of aryl methyl sites for hydroxylation is 3. The molecule has 0 saturated carbocycles. The smallest absolute Gasteiger partial charge is 0.267 e. The van der Waals surface area contributed by atoms with E-state index in [1.54, 1.807) is 27.7 Å². The van der Waals surface area contributed by atoms with E-state index in [-0.39, 0.29) is 10.8 Å². The van der Waals surface area contributed by atoms with Crippen molar-refractivity contribution in [2.24, 2.45) is 0 Å². The van der Waals surface area contributed by atoms with Crippen molar-refractivity contribution in [1.29, 1.82) is 0 Å². The van der Waals surface area contributed by atoms with Gasteiger partial charge in [-0.05, 0) is 27.7 Å². The number of rotatable bonds is 3. The highest BCUT2D eigenvalue weighted by atomic mass is 32.2. The maximum absolute atomic E-state index is 12.2. The van der Waals surface area contributed by atoms with Crippen molar-refractivity contribution in [1.82, 2.24) is 15.4 Å². The predicted octanol–water partition coefficient (Wildman–Crippen LogP) is 1.43.